The topological polar surface area (TPSA) is 28.2 Å². The second-order valence-corrected chi connectivity index (χ2v) is 4.49. The third-order valence-electron chi connectivity index (χ3n) is 3.01. The van der Waals surface area contributed by atoms with Gasteiger partial charge in [0.1, 0.15) is 0 Å². The third-order valence-corrected chi connectivity index (χ3v) is 3.01. The van der Waals surface area contributed by atoms with E-state index in [4.69, 9.17) is 0 Å². The van der Waals surface area contributed by atoms with Crippen LogP contribution in [-0.2, 0) is 6.54 Å². The van der Waals surface area contributed by atoms with E-state index < -0.39 is 0 Å². The molecule has 0 aliphatic rings. The summed E-state index contributed by atoms with van der Waals surface area (Å²) < 4.78 is 0. The van der Waals surface area contributed by atoms with Gasteiger partial charge in [-0.3, -0.25) is 9.88 Å². The van der Waals surface area contributed by atoms with Crippen LogP contribution in [0.4, 0.5) is 0 Å². The second kappa shape index (κ2) is 8.20. The number of nitrogens with one attached hydrogen (secondary N) is 1. The summed E-state index contributed by atoms with van der Waals surface area (Å²) in [6.07, 6.45) is 4.32. The van der Waals surface area contributed by atoms with Crippen LogP contribution in [0, 0.1) is 0 Å². The summed E-state index contributed by atoms with van der Waals surface area (Å²) in [5, 5.41) is 3.44. The van der Waals surface area contributed by atoms with Gasteiger partial charge in [-0.05, 0) is 32.1 Å². The van der Waals surface area contributed by atoms with Gasteiger partial charge in [0, 0.05) is 25.3 Å². The van der Waals surface area contributed by atoms with Crippen molar-refractivity contribution in [1.29, 1.82) is 0 Å². The van der Waals surface area contributed by atoms with Crippen LogP contribution in [0.15, 0.2) is 24.4 Å². The molecule has 0 fully saturated rings. The SMILES string of the molecule is CCCC(CNCC)N(C)Cc1ccccn1. The highest BCUT2D eigenvalue weighted by molar-refractivity contribution is 5.03. The van der Waals surface area contributed by atoms with Crippen LogP contribution in [0.5, 0.6) is 0 Å². The lowest BCUT2D eigenvalue weighted by Gasteiger charge is -2.27. The molecule has 0 saturated heterocycles. The van der Waals surface area contributed by atoms with E-state index in [2.05, 4.69) is 48.2 Å². The molecule has 0 saturated carbocycles. The summed E-state index contributed by atoms with van der Waals surface area (Å²) in [6, 6.07) is 6.70. The van der Waals surface area contributed by atoms with Crippen LogP contribution in [0.3, 0.4) is 0 Å². The molecule has 1 aromatic rings. The van der Waals surface area contributed by atoms with Crippen molar-refractivity contribution in [2.24, 2.45) is 0 Å². The Labute approximate surface area is 105 Å². The first-order chi connectivity index (χ1) is 8.27. The average molecular weight is 235 g/mol. The van der Waals surface area contributed by atoms with Crippen LogP contribution in [0.2, 0.25) is 0 Å². The summed E-state index contributed by atoms with van der Waals surface area (Å²) in [5.41, 5.74) is 1.15. The lowest BCUT2D eigenvalue weighted by Crippen LogP contribution is -2.39. The predicted octanol–water partition coefficient (Wildman–Crippen LogP) is 2.29. The lowest BCUT2D eigenvalue weighted by molar-refractivity contribution is 0.213. The number of hydrogen-bond acceptors (Lipinski definition) is 3. The van der Waals surface area contributed by atoms with Gasteiger partial charge in [0.15, 0.2) is 0 Å². The first kappa shape index (κ1) is 14.1. The molecule has 17 heavy (non-hydrogen) atoms. The van der Waals surface area contributed by atoms with Crippen LogP contribution < -0.4 is 5.32 Å². The Bertz CT molecular complexity index is 287. The van der Waals surface area contributed by atoms with E-state index in [0.717, 1.165) is 25.3 Å². The van der Waals surface area contributed by atoms with Crippen molar-refractivity contribution in [3.8, 4) is 0 Å². The Balaban J connectivity index is 2.49. The fourth-order valence-electron chi connectivity index (χ4n) is 2.00. The molecule has 0 aliphatic carbocycles. The Morgan fingerprint density at radius 3 is 2.76 bits per heavy atom. The van der Waals surface area contributed by atoms with E-state index in [1.54, 1.807) is 0 Å². The first-order valence-corrected chi connectivity index (χ1v) is 6.58. The Morgan fingerprint density at radius 2 is 2.18 bits per heavy atom. The molecular formula is C14H25N3. The zero-order valence-electron chi connectivity index (χ0n) is 11.3. The maximum Gasteiger partial charge on any atom is 0.0543 e. The minimum atomic E-state index is 0.599. The van der Waals surface area contributed by atoms with Gasteiger partial charge in [-0.2, -0.15) is 0 Å². The van der Waals surface area contributed by atoms with E-state index in [9.17, 15) is 0 Å². The van der Waals surface area contributed by atoms with Crippen LogP contribution >= 0.6 is 0 Å². The minimum absolute atomic E-state index is 0.599. The zero-order valence-corrected chi connectivity index (χ0v) is 11.3. The van der Waals surface area contributed by atoms with Crippen molar-refractivity contribution in [3.05, 3.63) is 30.1 Å². The highest BCUT2D eigenvalue weighted by Gasteiger charge is 2.13. The van der Waals surface area contributed by atoms with Gasteiger partial charge in [-0.15, -0.1) is 0 Å². The van der Waals surface area contributed by atoms with Crippen molar-refractivity contribution in [1.82, 2.24) is 15.2 Å². The standard InChI is InChI=1S/C14H25N3/c1-4-8-14(11-15-5-2)17(3)12-13-9-6-7-10-16-13/h6-7,9-10,14-15H,4-5,8,11-12H2,1-3H3. The Morgan fingerprint density at radius 1 is 1.35 bits per heavy atom. The van der Waals surface area contributed by atoms with Crippen LogP contribution in [0.1, 0.15) is 32.4 Å². The van der Waals surface area contributed by atoms with Gasteiger partial charge >= 0.3 is 0 Å². The van der Waals surface area contributed by atoms with Gasteiger partial charge < -0.3 is 5.32 Å². The van der Waals surface area contributed by atoms with Gasteiger partial charge in [0.2, 0.25) is 0 Å². The van der Waals surface area contributed by atoms with Crippen LogP contribution in [-0.4, -0.2) is 36.1 Å². The molecule has 1 N–H and O–H groups in total. The average Bonchev–Trinajstić information content (AvgIpc) is 2.35. The molecule has 0 spiro atoms. The normalized spacial score (nSPS) is 12.9. The molecule has 1 unspecified atom stereocenters. The molecule has 1 rings (SSSR count). The number of hydrogen-bond donors (Lipinski definition) is 1. The molecule has 3 nitrogen and oxygen atoms in total. The first-order valence-electron chi connectivity index (χ1n) is 6.58. The maximum atomic E-state index is 4.38. The van der Waals surface area contributed by atoms with E-state index >= 15 is 0 Å². The number of pyridine rings is 1. The van der Waals surface area contributed by atoms with Crippen molar-refractivity contribution >= 4 is 0 Å². The third kappa shape index (κ3) is 5.29. The number of aromatic nitrogens is 1. The summed E-state index contributed by atoms with van der Waals surface area (Å²) in [5.74, 6) is 0. The van der Waals surface area contributed by atoms with Gasteiger partial charge in [-0.25, -0.2) is 0 Å². The van der Waals surface area contributed by atoms with Gasteiger partial charge in [0.25, 0.3) is 0 Å². The number of nitrogens with zero attached hydrogens (tertiary/aromatic N) is 2. The van der Waals surface area contributed by atoms with E-state index in [1.165, 1.54) is 12.8 Å². The predicted molar refractivity (Wildman–Crippen MR) is 72.9 cm³/mol. The zero-order chi connectivity index (χ0) is 12.5. The molecule has 96 valence electrons. The molecule has 0 aliphatic heterocycles. The highest BCUT2D eigenvalue weighted by atomic mass is 15.2. The molecule has 3 heteroatoms. The lowest BCUT2D eigenvalue weighted by atomic mass is 10.1. The Kier molecular flexibility index (Phi) is 6.82. The van der Waals surface area contributed by atoms with Crippen LogP contribution in [0.25, 0.3) is 0 Å². The molecule has 1 aromatic heterocycles. The summed E-state index contributed by atoms with van der Waals surface area (Å²) in [4.78, 5) is 6.78. The smallest absolute Gasteiger partial charge is 0.0543 e. The summed E-state index contributed by atoms with van der Waals surface area (Å²) in [6.45, 7) is 7.43. The quantitative estimate of drug-likeness (QED) is 0.749. The van der Waals surface area contributed by atoms with Crippen molar-refractivity contribution < 1.29 is 0 Å². The van der Waals surface area contributed by atoms with E-state index in [1.807, 2.05) is 12.3 Å². The number of rotatable bonds is 8. The molecular weight excluding hydrogens is 210 g/mol. The van der Waals surface area contributed by atoms with Gasteiger partial charge in [0.05, 0.1) is 5.69 Å². The second-order valence-electron chi connectivity index (χ2n) is 4.49. The monoisotopic (exact) mass is 235 g/mol. The Hall–Kier alpha value is -0.930. The van der Waals surface area contributed by atoms with Crippen molar-refractivity contribution in [3.63, 3.8) is 0 Å². The minimum Gasteiger partial charge on any atom is -0.315 e. The maximum absolute atomic E-state index is 4.38. The highest BCUT2D eigenvalue weighted by Crippen LogP contribution is 2.08. The molecule has 1 heterocycles. The molecule has 0 aromatic carbocycles. The fraction of sp³-hybridized carbons (Fsp3) is 0.643. The van der Waals surface area contributed by atoms with Crippen molar-refractivity contribution in [2.75, 3.05) is 20.1 Å². The summed E-state index contributed by atoms with van der Waals surface area (Å²) in [7, 11) is 2.19. The number of likely N-dealkylation sites (N-methyl/N-ethyl adjacent to an activating group) is 2. The summed E-state index contributed by atoms with van der Waals surface area (Å²) >= 11 is 0. The fourth-order valence-corrected chi connectivity index (χ4v) is 2.00. The van der Waals surface area contributed by atoms with Crippen molar-refractivity contribution in [2.45, 2.75) is 39.3 Å². The van der Waals surface area contributed by atoms with E-state index in [0.29, 0.717) is 6.04 Å². The van der Waals surface area contributed by atoms with Gasteiger partial charge in [-0.1, -0.05) is 26.3 Å². The van der Waals surface area contributed by atoms with E-state index in [-0.39, 0.29) is 0 Å². The largest absolute Gasteiger partial charge is 0.315 e. The molecule has 0 radical (unpaired) electrons. The molecule has 0 bridgehead atoms. The molecule has 1 atom stereocenters. The molecule has 0 amide bonds.